The van der Waals surface area contributed by atoms with Crippen molar-refractivity contribution >= 4 is 6.29 Å². The van der Waals surface area contributed by atoms with Crippen molar-refractivity contribution in [2.75, 3.05) is 0 Å². The molecule has 1 aromatic carbocycles. The number of halogens is 1. The van der Waals surface area contributed by atoms with E-state index in [1.807, 2.05) is 13.8 Å². The molecule has 1 atom stereocenters. The summed E-state index contributed by atoms with van der Waals surface area (Å²) in [5.74, 6) is 0.415. The molecular formula is C19H26FN3O3. The van der Waals surface area contributed by atoms with Gasteiger partial charge >= 0.3 is 5.69 Å². The van der Waals surface area contributed by atoms with Crippen molar-refractivity contribution in [1.82, 2.24) is 14.3 Å². The predicted octanol–water partition coefficient (Wildman–Crippen LogP) is 3.29. The molecule has 0 aliphatic heterocycles. The van der Waals surface area contributed by atoms with Crippen molar-refractivity contribution in [2.24, 2.45) is 13.0 Å². The molecule has 0 aliphatic carbocycles. The number of ether oxygens (including phenoxy) is 1. The lowest BCUT2D eigenvalue weighted by Crippen LogP contribution is -2.25. The summed E-state index contributed by atoms with van der Waals surface area (Å²) < 4.78 is 22.9. The van der Waals surface area contributed by atoms with E-state index in [9.17, 15) is 14.0 Å². The van der Waals surface area contributed by atoms with Crippen LogP contribution in [0.2, 0.25) is 0 Å². The van der Waals surface area contributed by atoms with Crippen LogP contribution in [0, 0.1) is 11.7 Å². The topological polar surface area (TPSA) is 66.1 Å². The van der Waals surface area contributed by atoms with Gasteiger partial charge in [0.05, 0.1) is 11.7 Å². The summed E-state index contributed by atoms with van der Waals surface area (Å²) >= 11 is 0. The molecule has 0 saturated heterocycles. The third-order valence-corrected chi connectivity index (χ3v) is 4.85. The summed E-state index contributed by atoms with van der Waals surface area (Å²) in [6.45, 7) is 7.94. The smallest absolute Gasteiger partial charge is 0.350 e. The molecule has 2 aromatic rings. The van der Waals surface area contributed by atoms with Crippen molar-refractivity contribution in [3.05, 3.63) is 39.8 Å². The maximum Gasteiger partial charge on any atom is 0.350 e. The monoisotopic (exact) mass is 363 g/mol. The molecular weight excluding hydrogens is 337 g/mol. The van der Waals surface area contributed by atoms with Crippen molar-refractivity contribution in [3.63, 3.8) is 0 Å². The lowest BCUT2D eigenvalue weighted by atomic mass is 9.97. The molecule has 0 aliphatic rings. The summed E-state index contributed by atoms with van der Waals surface area (Å²) in [6.07, 6.45) is 2.82. The third kappa shape index (κ3) is 3.71. The molecule has 0 radical (unpaired) electrons. The SMILES string of the molecule is CCc1nn(-c2cc(OC(C)C(CC)CC)c(C=O)cc2F)c(=O)n1C. The Kier molecular flexibility index (Phi) is 6.34. The molecule has 2 rings (SSSR count). The molecule has 0 N–H and O–H groups in total. The number of hydrogen-bond donors (Lipinski definition) is 0. The third-order valence-electron chi connectivity index (χ3n) is 4.85. The van der Waals surface area contributed by atoms with Gasteiger partial charge in [0.1, 0.15) is 23.1 Å². The van der Waals surface area contributed by atoms with Crippen LogP contribution in [0.4, 0.5) is 4.39 Å². The summed E-state index contributed by atoms with van der Waals surface area (Å²) in [5, 5.41) is 4.19. The molecule has 0 fully saturated rings. The van der Waals surface area contributed by atoms with Gasteiger partial charge in [0.2, 0.25) is 0 Å². The van der Waals surface area contributed by atoms with E-state index in [1.54, 1.807) is 7.05 Å². The van der Waals surface area contributed by atoms with Crippen LogP contribution in [0.15, 0.2) is 16.9 Å². The Morgan fingerprint density at radius 3 is 2.42 bits per heavy atom. The van der Waals surface area contributed by atoms with Gasteiger partial charge in [-0.15, -0.1) is 5.10 Å². The van der Waals surface area contributed by atoms with Crippen molar-refractivity contribution in [1.29, 1.82) is 0 Å². The number of aldehydes is 1. The fourth-order valence-electron chi connectivity index (χ4n) is 3.11. The Balaban J connectivity index is 2.53. The molecule has 1 unspecified atom stereocenters. The minimum atomic E-state index is -0.697. The lowest BCUT2D eigenvalue weighted by Gasteiger charge is -2.23. The zero-order valence-electron chi connectivity index (χ0n) is 16.0. The van der Waals surface area contributed by atoms with E-state index in [-0.39, 0.29) is 23.1 Å². The van der Waals surface area contributed by atoms with Crippen LogP contribution >= 0.6 is 0 Å². The summed E-state index contributed by atoms with van der Waals surface area (Å²) in [7, 11) is 1.59. The molecule has 1 aromatic heterocycles. The highest BCUT2D eigenvalue weighted by Gasteiger charge is 2.21. The van der Waals surface area contributed by atoms with E-state index in [0.717, 1.165) is 23.6 Å². The zero-order valence-corrected chi connectivity index (χ0v) is 16.0. The van der Waals surface area contributed by atoms with Gasteiger partial charge in [0, 0.05) is 19.5 Å². The van der Waals surface area contributed by atoms with Crippen LogP contribution in [-0.4, -0.2) is 26.7 Å². The number of hydrogen-bond acceptors (Lipinski definition) is 4. The first-order chi connectivity index (χ1) is 12.4. The average Bonchev–Trinajstić information content (AvgIpc) is 2.92. The van der Waals surface area contributed by atoms with Gasteiger partial charge < -0.3 is 4.74 Å². The van der Waals surface area contributed by atoms with Gasteiger partial charge in [-0.1, -0.05) is 20.8 Å². The fraction of sp³-hybridized carbons (Fsp3) is 0.526. The highest BCUT2D eigenvalue weighted by Crippen LogP contribution is 2.27. The van der Waals surface area contributed by atoms with E-state index in [2.05, 4.69) is 18.9 Å². The summed E-state index contributed by atoms with van der Waals surface area (Å²) in [6, 6.07) is 2.47. The minimum absolute atomic E-state index is 0.0253. The number of aryl methyl sites for hydroxylation is 1. The quantitative estimate of drug-likeness (QED) is 0.675. The van der Waals surface area contributed by atoms with Gasteiger partial charge in [0.25, 0.3) is 0 Å². The minimum Gasteiger partial charge on any atom is -0.490 e. The van der Waals surface area contributed by atoms with Crippen LogP contribution < -0.4 is 10.4 Å². The first kappa shape index (κ1) is 19.9. The Labute approximate surface area is 152 Å². The Hall–Kier alpha value is -2.44. The number of aromatic nitrogens is 3. The maximum absolute atomic E-state index is 14.5. The predicted molar refractivity (Wildman–Crippen MR) is 97.7 cm³/mol. The molecule has 0 bridgehead atoms. The Morgan fingerprint density at radius 1 is 1.27 bits per heavy atom. The van der Waals surface area contributed by atoms with E-state index < -0.39 is 11.5 Å². The largest absolute Gasteiger partial charge is 0.490 e. The first-order valence-corrected chi connectivity index (χ1v) is 8.98. The second kappa shape index (κ2) is 8.29. The van der Waals surface area contributed by atoms with Crippen LogP contribution in [-0.2, 0) is 13.5 Å². The standard InChI is InChI=1S/C19H26FN3O3/c1-6-13(7-2)12(4)26-17-10-16(15(20)9-14(17)11-24)23-19(25)22(5)18(8-3)21-23/h9-13H,6-8H2,1-5H3. The first-order valence-electron chi connectivity index (χ1n) is 8.98. The van der Waals surface area contributed by atoms with Gasteiger partial charge in [-0.05, 0) is 31.7 Å². The lowest BCUT2D eigenvalue weighted by molar-refractivity contribution is 0.110. The number of carbonyl (C=O) groups excluding carboxylic acids is 1. The normalized spacial score (nSPS) is 12.4. The second-order valence-corrected chi connectivity index (χ2v) is 6.38. The zero-order chi connectivity index (χ0) is 19.4. The number of rotatable bonds is 8. The molecule has 0 saturated carbocycles. The maximum atomic E-state index is 14.5. The van der Waals surface area contributed by atoms with E-state index in [0.29, 0.717) is 24.4 Å². The molecule has 26 heavy (non-hydrogen) atoms. The average molecular weight is 363 g/mol. The number of benzene rings is 1. The van der Waals surface area contributed by atoms with Crippen molar-refractivity contribution in [2.45, 2.75) is 53.1 Å². The van der Waals surface area contributed by atoms with Gasteiger partial charge in [-0.25, -0.2) is 9.18 Å². The number of nitrogens with zero attached hydrogens (tertiary/aromatic N) is 3. The fourth-order valence-corrected chi connectivity index (χ4v) is 3.11. The molecule has 0 amide bonds. The molecule has 0 spiro atoms. The molecule has 6 nitrogen and oxygen atoms in total. The van der Waals surface area contributed by atoms with E-state index >= 15 is 0 Å². The van der Waals surface area contributed by atoms with Gasteiger partial charge in [-0.2, -0.15) is 4.68 Å². The highest BCUT2D eigenvalue weighted by molar-refractivity contribution is 5.80. The van der Waals surface area contributed by atoms with Crippen LogP contribution in [0.3, 0.4) is 0 Å². The van der Waals surface area contributed by atoms with E-state index in [1.165, 1.54) is 10.6 Å². The summed E-state index contributed by atoms with van der Waals surface area (Å²) in [4.78, 5) is 23.7. The molecule has 142 valence electrons. The van der Waals surface area contributed by atoms with Crippen LogP contribution in [0.25, 0.3) is 5.69 Å². The molecule has 7 heteroatoms. The Morgan fingerprint density at radius 2 is 1.92 bits per heavy atom. The van der Waals surface area contributed by atoms with Crippen molar-refractivity contribution < 1.29 is 13.9 Å². The Bertz CT molecular complexity index is 837. The second-order valence-electron chi connectivity index (χ2n) is 6.38. The molecule has 1 heterocycles. The van der Waals surface area contributed by atoms with Crippen LogP contribution in [0.1, 0.15) is 56.7 Å². The summed E-state index contributed by atoms with van der Waals surface area (Å²) in [5.41, 5.74) is -0.356. The van der Waals surface area contributed by atoms with Gasteiger partial charge in [-0.3, -0.25) is 9.36 Å². The highest BCUT2D eigenvalue weighted by atomic mass is 19.1. The van der Waals surface area contributed by atoms with Crippen LogP contribution in [0.5, 0.6) is 5.75 Å². The van der Waals surface area contributed by atoms with Gasteiger partial charge in [0.15, 0.2) is 6.29 Å². The number of carbonyl (C=O) groups is 1. The van der Waals surface area contributed by atoms with Crippen molar-refractivity contribution in [3.8, 4) is 11.4 Å². The van der Waals surface area contributed by atoms with E-state index in [4.69, 9.17) is 4.74 Å².